The lowest BCUT2D eigenvalue weighted by atomic mass is 10.1. The minimum absolute atomic E-state index is 0.454. The van der Waals surface area contributed by atoms with Crippen molar-refractivity contribution in [1.82, 2.24) is 0 Å². The normalized spacial score (nSPS) is 12.2. The fourth-order valence-electron chi connectivity index (χ4n) is 1.77. The molecule has 1 aromatic carbocycles. The molecule has 2 nitrogen and oxygen atoms in total. The third-order valence-corrected chi connectivity index (χ3v) is 3.89. The average molecular weight is 268 g/mol. The van der Waals surface area contributed by atoms with Gasteiger partial charge in [0.15, 0.2) is 0 Å². The zero-order chi connectivity index (χ0) is 12.8. The minimum Gasteiger partial charge on any atom is -0.389 e. The summed E-state index contributed by atoms with van der Waals surface area (Å²) in [7, 11) is 2.14. The van der Waals surface area contributed by atoms with Gasteiger partial charge in [-0.3, -0.25) is 0 Å². The summed E-state index contributed by atoms with van der Waals surface area (Å²) >= 11 is 6.83. The van der Waals surface area contributed by atoms with Crippen molar-refractivity contribution in [2.45, 2.75) is 19.4 Å². The molecule has 0 spiro atoms. The maximum Gasteiger partial charge on any atom is 0.103 e. The Hall–Kier alpha value is -0.740. The van der Waals surface area contributed by atoms with Gasteiger partial charge in [-0.1, -0.05) is 19.1 Å². The van der Waals surface area contributed by atoms with E-state index in [9.17, 15) is 0 Å². The molecule has 1 atom stereocenters. The lowest BCUT2D eigenvalue weighted by Gasteiger charge is -2.29. The Morgan fingerprint density at radius 3 is 2.41 bits per heavy atom. The molecule has 0 aromatic heterocycles. The number of hydrogen-bond donors (Lipinski definition) is 1. The van der Waals surface area contributed by atoms with E-state index in [1.165, 1.54) is 5.69 Å². The van der Waals surface area contributed by atoms with Crippen molar-refractivity contribution in [3.05, 3.63) is 29.8 Å². The van der Waals surface area contributed by atoms with Crippen molar-refractivity contribution >= 4 is 34.7 Å². The van der Waals surface area contributed by atoms with Crippen LogP contribution in [0.2, 0.25) is 0 Å². The van der Waals surface area contributed by atoms with Gasteiger partial charge in [0.1, 0.15) is 4.99 Å². The van der Waals surface area contributed by atoms with Gasteiger partial charge in [0, 0.05) is 30.1 Å². The summed E-state index contributed by atoms with van der Waals surface area (Å²) in [5.41, 5.74) is 7.73. The number of hydrogen-bond acceptors (Lipinski definition) is 3. The molecule has 2 N–H and O–H groups in total. The van der Waals surface area contributed by atoms with Crippen LogP contribution in [-0.4, -0.2) is 30.1 Å². The van der Waals surface area contributed by atoms with E-state index in [4.69, 9.17) is 18.0 Å². The van der Waals surface area contributed by atoms with Crippen LogP contribution in [-0.2, 0) is 0 Å². The molecule has 1 aromatic rings. The molecule has 0 aliphatic heterocycles. The van der Waals surface area contributed by atoms with Crippen LogP contribution in [0.4, 0.5) is 5.69 Å². The highest BCUT2D eigenvalue weighted by Gasteiger charge is 2.12. The highest BCUT2D eigenvalue weighted by atomic mass is 32.2. The van der Waals surface area contributed by atoms with Gasteiger partial charge < -0.3 is 10.6 Å². The van der Waals surface area contributed by atoms with Crippen LogP contribution in [0.1, 0.15) is 18.9 Å². The van der Waals surface area contributed by atoms with Crippen molar-refractivity contribution in [3.8, 4) is 0 Å². The highest BCUT2D eigenvalue weighted by molar-refractivity contribution is 7.98. The molecule has 17 heavy (non-hydrogen) atoms. The molecule has 0 bridgehead atoms. The van der Waals surface area contributed by atoms with E-state index >= 15 is 0 Å². The van der Waals surface area contributed by atoms with E-state index in [2.05, 4.69) is 37.3 Å². The number of nitrogens with zero attached hydrogens (tertiary/aromatic N) is 1. The first-order chi connectivity index (χ1) is 8.10. The van der Waals surface area contributed by atoms with Gasteiger partial charge in [-0.2, -0.15) is 11.8 Å². The largest absolute Gasteiger partial charge is 0.389 e. The van der Waals surface area contributed by atoms with Crippen LogP contribution < -0.4 is 10.6 Å². The monoisotopic (exact) mass is 268 g/mol. The number of anilines is 1. The number of rotatable bonds is 6. The second-order valence-electron chi connectivity index (χ2n) is 4.04. The smallest absolute Gasteiger partial charge is 0.103 e. The Kier molecular flexibility index (Phi) is 5.78. The predicted molar refractivity (Wildman–Crippen MR) is 83.2 cm³/mol. The summed E-state index contributed by atoms with van der Waals surface area (Å²) in [5.74, 6) is 1.14. The molecule has 1 unspecified atom stereocenters. The zero-order valence-corrected chi connectivity index (χ0v) is 12.3. The molecule has 0 fully saturated rings. The maximum absolute atomic E-state index is 5.59. The van der Waals surface area contributed by atoms with E-state index in [0.717, 1.165) is 17.7 Å². The third kappa shape index (κ3) is 3.89. The lowest BCUT2D eigenvalue weighted by Crippen LogP contribution is -2.33. The van der Waals surface area contributed by atoms with Gasteiger partial charge >= 0.3 is 0 Å². The summed E-state index contributed by atoms with van der Waals surface area (Å²) in [6, 6.07) is 8.70. The fraction of sp³-hybridized carbons (Fsp3) is 0.462. The van der Waals surface area contributed by atoms with Crippen molar-refractivity contribution in [3.63, 3.8) is 0 Å². The summed E-state index contributed by atoms with van der Waals surface area (Å²) in [5, 5.41) is 0. The van der Waals surface area contributed by atoms with Crippen LogP contribution in [0, 0.1) is 0 Å². The van der Waals surface area contributed by atoms with E-state index in [1.54, 1.807) is 0 Å². The van der Waals surface area contributed by atoms with Crippen molar-refractivity contribution in [2.75, 3.05) is 24.0 Å². The van der Waals surface area contributed by atoms with Gasteiger partial charge in [0.2, 0.25) is 0 Å². The fourth-order valence-corrected chi connectivity index (χ4v) is 2.75. The molecule has 4 heteroatoms. The maximum atomic E-state index is 5.59. The van der Waals surface area contributed by atoms with Gasteiger partial charge in [-0.25, -0.2) is 0 Å². The molecule has 1 rings (SSSR count). The molecule has 94 valence electrons. The molecule has 0 amide bonds. The first-order valence-corrected chi connectivity index (χ1v) is 7.52. The van der Waals surface area contributed by atoms with Crippen molar-refractivity contribution < 1.29 is 0 Å². The Morgan fingerprint density at radius 1 is 1.41 bits per heavy atom. The van der Waals surface area contributed by atoms with Crippen LogP contribution in [0.3, 0.4) is 0 Å². The number of benzene rings is 1. The van der Waals surface area contributed by atoms with Gasteiger partial charge in [-0.05, 0) is 36.9 Å². The number of thioether (sulfide) groups is 1. The SMILES string of the molecule is CCC(CSC)N(C)c1ccc(C(N)=S)cc1. The standard InChI is InChI=1S/C13H20N2S2/c1-4-11(9-17-3)15(2)12-7-5-10(6-8-12)13(14)16/h5-8,11H,4,9H2,1-3H3,(H2,14,16). The predicted octanol–water partition coefficient (Wildman–Crippen LogP) is 2.90. The summed E-state index contributed by atoms with van der Waals surface area (Å²) in [6.45, 7) is 2.22. The van der Waals surface area contributed by atoms with Crippen molar-refractivity contribution in [2.24, 2.45) is 5.73 Å². The zero-order valence-electron chi connectivity index (χ0n) is 10.6. The molecule has 0 aliphatic rings. The topological polar surface area (TPSA) is 29.3 Å². The lowest BCUT2D eigenvalue weighted by molar-refractivity contribution is 0.673. The second-order valence-corrected chi connectivity index (χ2v) is 5.39. The molecule has 0 radical (unpaired) electrons. The molecular weight excluding hydrogens is 248 g/mol. The summed E-state index contributed by atoms with van der Waals surface area (Å²) < 4.78 is 0. The summed E-state index contributed by atoms with van der Waals surface area (Å²) in [6.07, 6.45) is 3.29. The van der Waals surface area contributed by atoms with Crippen LogP contribution >= 0.6 is 24.0 Å². The van der Waals surface area contributed by atoms with E-state index in [-0.39, 0.29) is 0 Å². The Morgan fingerprint density at radius 2 is 2.00 bits per heavy atom. The number of nitrogens with two attached hydrogens (primary N) is 1. The average Bonchev–Trinajstić information content (AvgIpc) is 2.35. The molecule has 0 aliphatic carbocycles. The van der Waals surface area contributed by atoms with Gasteiger partial charge in [0.05, 0.1) is 0 Å². The van der Waals surface area contributed by atoms with E-state index in [0.29, 0.717) is 11.0 Å². The Balaban J connectivity index is 2.81. The first-order valence-electron chi connectivity index (χ1n) is 5.71. The van der Waals surface area contributed by atoms with E-state index in [1.807, 2.05) is 23.9 Å². The first kappa shape index (κ1) is 14.3. The Labute approximate surface area is 114 Å². The quantitative estimate of drug-likeness (QED) is 0.803. The third-order valence-electron chi connectivity index (χ3n) is 2.94. The van der Waals surface area contributed by atoms with Crippen LogP contribution in [0.5, 0.6) is 0 Å². The molecule has 0 saturated carbocycles. The number of thiocarbonyl (C=S) groups is 1. The Bertz CT molecular complexity index is 362. The van der Waals surface area contributed by atoms with Crippen LogP contribution in [0.15, 0.2) is 24.3 Å². The highest BCUT2D eigenvalue weighted by Crippen LogP contribution is 2.19. The molecule has 0 saturated heterocycles. The molecular formula is C13H20N2S2. The second kappa shape index (κ2) is 6.87. The van der Waals surface area contributed by atoms with Crippen LogP contribution in [0.25, 0.3) is 0 Å². The summed E-state index contributed by atoms with van der Waals surface area (Å²) in [4.78, 5) is 2.77. The van der Waals surface area contributed by atoms with Gasteiger partial charge in [0.25, 0.3) is 0 Å². The molecule has 0 heterocycles. The van der Waals surface area contributed by atoms with E-state index < -0.39 is 0 Å². The van der Waals surface area contributed by atoms with Crippen molar-refractivity contribution in [1.29, 1.82) is 0 Å². The minimum atomic E-state index is 0.454. The van der Waals surface area contributed by atoms with Gasteiger partial charge in [-0.15, -0.1) is 0 Å².